The van der Waals surface area contributed by atoms with Crippen LogP contribution in [0.3, 0.4) is 0 Å². The number of nitrogens with zero attached hydrogens (tertiary/aromatic N) is 4. The zero-order valence-corrected chi connectivity index (χ0v) is 22.1. The fourth-order valence-corrected chi connectivity index (χ4v) is 4.75. The third kappa shape index (κ3) is 6.62. The first-order chi connectivity index (χ1) is 16.9. The zero-order valence-electron chi connectivity index (χ0n) is 20.4. The molecule has 2 heterocycles. The first-order valence-electron chi connectivity index (χ1n) is 12.5. The molecule has 3 aromatic carbocycles. The molecule has 2 aliphatic heterocycles. The van der Waals surface area contributed by atoms with Crippen LogP contribution in [0.25, 0.3) is 21.5 Å². The summed E-state index contributed by atoms with van der Waals surface area (Å²) in [6.45, 7) is 1.77. The van der Waals surface area contributed by atoms with Gasteiger partial charge in [-0.2, -0.15) is 10.2 Å². The maximum Gasteiger partial charge on any atom is 0.117 e. The Kier molecular flexibility index (Phi) is 10.7. The quantitative estimate of drug-likeness (QED) is 0.228. The van der Waals surface area contributed by atoms with Crippen LogP contribution in [0.1, 0.15) is 62.5 Å². The summed E-state index contributed by atoms with van der Waals surface area (Å²) in [6, 6.07) is 17.0. The number of hydrogen-bond acceptors (Lipinski definition) is 6. The fourth-order valence-electron chi connectivity index (χ4n) is 4.75. The highest BCUT2D eigenvalue weighted by Gasteiger charge is 2.12. The second-order valence-electron chi connectivity index (χ2n) is 8.94. The van der Waals surface area contributed by atoms with Crippen molar-refractivity contribution in [1.29, 1.82) is 0 Å². The molecule has 8 heteroatoms. The molecule has 36 heavy (non-hydrogen) atoms. The topological polar surface area (TPSA) is 73.5 Å². The van der Waals surface area contributed by atoms with Crippen LogP contribution in [0.2, 0.25) is 0 Å². The van der Waals surface area contributed by atoms with Crippen LogP contribution in [-0.4, -0.2) is 37.2 Å². The van der Waals surface area contributed by atoms with Crippen molar-refractivity contribution in [3.05, 3.63) is 59.7 Å². The molecule has 0 saturated heterocycles. The van der Waals surface area contributed by atoms with Crippen LogP contribution in [0.15, 0.2) is 68.7 Å². The van der Waals surface area contributed by atoms with E-state index in [1.165, 1.54) is 25.7 Å². The first kappa shape index (κ1) is 27.6. The third-order valence-corrected chi connectivity index (χ3v) is 6.54. The molecule has 2 aliphatic rings. The van der Waals surface area contributed by atoms with Crippen LogP contribution >= 0.6 is 24.8 Å². The lowest BCUT2D eigenvalue weighted by Crippen LogP contribution is -2.17. The van der Waals surface area contributed by atoms with E-state index in [1.54, 1.807) is 0 Å². The molecule has 0 aromatic heterocycles. The molecule has 0 atom stereocenters. The SMILES string of the molecule is C(=N\NC1=NCCCCC1)/c1c2ccccc2c(/C=N/NC2=NCCCCC2)c2ccccc12.Cl.Cl. The van der Waals surface area contributed by atoms with Crippen molar-refractivity contribution in [2.45, 2.75) is 51.4 Å². The molecule has 0 bridgehead atoms. The summed E-state index contributed by atoms with van der Waals surface area (Å²) in [5, 5.41) is 13.8. The molecule has 0 spiro atoms. The van der Waals surface area contributed by atoms with Crippen molar-refractivity contribution in [3.8, 4) is 0 Å². The van der Waals surface area contributed by atoms with Gasteiger partial charge in [-0.15, -0.1) is 24.8 Å². The van der Waals surface area contributed by atoms with Gasteiger partial charge < -0.3 is 0 Å². The molecule has 0 aliphatic carbocycles. The Bertz CT molecular complexity index is 1130. The van der Waals surface area contributed by atoms with E-state index in [0.29, 0.717) is 0 Å². The van der Waals surface area contributed by atoms with E-state index in [2.05, 4.69) is 79.6 Å². The minimum Gasteiger partial charge on any atom is -0.271 e. The van der Waals surface area contributed by atoms with Crippen molar-refractivity contribution in [3.63, 3.8) is 0 Å². The smallest absolute Gasteiger partial charge is 0.117 e. The zero-order chi connectivity index (χ0) is 23.0. The van der Waals surface area contributed by atoms with E-state index in [4.69, 9.17) is 0 Å². The summed E-state index contributed by atoms with van der Waals surface area (Å²) in [6.07, 6.45) is 12.9. The summed E-state index contributed by atoms with van der Waals surface area (Å²) in [5.74, 6) is 1.97. The lowest BCUT2D eigenvalue weighted by molar-refractivity contribution is 0.729. The van der Waals surface area contributed by atoms with Gasteiger partial charge >= 0.3 is 0 Å². The summed E-state index contributed by atoms with van der Waals surface area (Å²) in [7, 11) is 0. The van der Waals surface area contributed by atoms with E-state index in [9.17, 15) is 0 Å². The Hall–Kier alpha value is -2.96. The average molecular weight is 526 g/mol. The summed E-state index contributed by atoms with van der Waals surface area (Å²) >= 11 is 0. The van der Waals surface area contributed by atoms with Crippen LogP contribution in [0, 0.1) is 0 Å². The maximum atomic E-state index is 4.63. The molecule has 0 unspecified atom stereocenters. The van der Waals surface area contributed by atoms with Gasteiger partial charge in [-0.25, -0.2) is 0 Å². The van der Waals surface area contributed by atoms with E-state index in [-0.39, 0.29) is 24.8 Å². The van der Waals surface area contributed by atoms with E-state index >= 15 is 0 Å². The second-order valence-corrected chi connectivity index (χ2v) is 8.94. The van der Waals surface area contributed by atoms with E-state index in [1.807, 2.05) is 12.4 Å². The Labute approximate surface area is 225 Å². The van der Waals surface area contributed by atoms with Gasteiger partial charge in [-0.3, -0.25) is 20.8 Å². The molecule has 0 saturated carbocycles. The Balaban J connectivity index is 0.00000180. The van der Waals surface area contributed by atoms with Crippen molar-refractivity contribution >= 4 is 70.5 Å². The van der Waals surface area contributed by atoms with Gasteiger partial charge in [0.1, 0.15) is 11.7 Å². The Morgan fingerprint density at radius 2 is 0.944 bits per heavy atom. The van der Waals surface area contributed by atoms with Gasteiger partial charge in [0.25, 0.3) is 0 Å². The number of hydrazone groups is 2. The molecule has 2 N–H and O–H groups in total. The van der Waals surface area contributed by atoms with Crippen molar-refractivity contribution in [1.82, 2.24) is 10.9 Å². The largest absolute Gasteiger partial charge is 0.271 e. The Morgan fingerprint density at radius 3 is 1.33 bits per heavy atom. The summed E-state index contributed by atoms with van der Waals surface area (Å²) in [4.78, 5) is 9.26. The second kappa shape index (κ2) is 14.0. The number of nitrogens with one attached hydrogen (secondary N) is 2. The monoisotopic (exact) mass is 524 g/mol. The number of halogens is 2. The van der Waals surface area contributed by atoms with Crippen molar-refractivity contribution in [2.24, 2.45) is 20.2 Å². The Morgan fingerprint density at radius 1 is 0.556 bits per heavy atom. The average Bonchev–Trinajstić information content (AvgIpc) is 3.30. The molecule has 0 radical (unpaired) electrons. The molecule has 190 valence electrons. The van der Waals surface area contributed by atoms with Gasteiger partial charge in [0.2, 0.25) is 0 Å². The van der Waals surface area contributed by atoms with Gasteiger partial charge in [0.05, 0.1) is 12.4 Å². The molecule has 3 aromatic rings. The van der Waals surface area contributed by atoms with E-state index in [0.717, 1.165) is 83.1 Å². The maximum absolute atomic E-state index is 4.63. The van der Waals surface area contributed by atoms with E-state index < -0.39 is 0 Å². The third-order valence-electron chi connectivity index (χ3n) is 6.54. The number of aliphatic imine (C=N–C) groups is 2. The summed E-state index contributed by atoms with van der Waals surface area (Å²) in [5.41, 5.74) is 8.61. The van der Waals surface area contributed by atoms with Gasteiger partial charge in [0.15, 0.2) is 0 Å². The predicted octanol–water partition coefficient (Wildman–Crippen LogP) is 6.63. The highest BCUT2D eigenvalue weighted by Crippen LogP contribution is 2.31. The standard InChI is InChI=1S/C28H32N6.2ClH/c1-3-15-27(29-17-9-1)33-31-19-25-21-11-5-7-13-23(21)26(24-14-8-6-12-22(24)25)20-32-34-28-16-4-2-10-18-30-28;;/h5-8,11-14,19-20H,1-4,9-10,15-18H2,(H,29,33)(H,30,34);2*1H/b31-19+,32-20+;;. The molecule has 0 fully saturated rings. The normalized spacial score (nSPS) is 16.6. The van der Waals surface area contributed by atoms with Gasteiger partial charge in [-0.05, 0) is 47.2 Å². The molecular formula is C28H34Cl2N6. The first-order valence-corrected chi connectivity index (χ1v) is 12.5. The lowest BCUT2D eigenvalue weighted by Gasteiger charge is -2.12. The highest BCUT2D eigenvalue weighted by molar-refractivity contribution is 6.21. The minimum atomic E-state index is 0. The van der Waals surface area contributed by atoms with Crippen LogP contribution in [-0.2, 0) is 0 Å². The van der Waals surface area contributed by atoms with Gasteiger partial charge in [0, 0.05) is 37.1 Å². The number of fused-ring (bicyclic) bond motifs is 2. The van der Waals surface area contributed by atoms with Gasteiger partial charge in [-0.1, -0.05) is 61.4 Å². The fraction of sp³-hybridized carbons (Fsp3) is 0.357. The predicted molar refractivity (Wildman–Crippen MR) is 159 cm³/mol. The van der Waals surface area contributed by atoms with Crippen LogP contribution < -0.4 is 10.9 Å². The van der Waals surface area contributed by atoms with Crippen molar-refractivity contribution in [2.75, 3.05) is 13.1 Å². The number of rotatable bonds is 4. The van der Waals surface area contributed by atoms with Crippen LogP contribution in [0.5, 0.6) is 0 Å². The highest BCUT2D eigenvalue weighted by atomic mass is 35.5. The lowest BCUT2D eigenvalue weighted by atomic mass is 9.92. The van der Waals surface area contributed by atoms with Crippen LogP contribution in [0.4, 0.5) is 0 Å². The number of amidine groups is 2. The minimum absolute atomic E-state index is 0. The molecule has 5 rings (SSSR count). The number of benzene rings is 3. The summed E-state index contributed by atoms with van der Waals surface area (Å²) < 4.78 is 0. The molecule has 0 amide bonds. The molecule has 6 nitrogen and oxygen atoms in total. The number of hydrogen-bond donors (Lipinski definition) is 2. The molecular weight excluding hydrogens is 491 g/mol. The van der Waals surface area contributed by atoms with Crippen molar-refractivity contribution < 1.29 is 0 Å².